The monoisotopic (exact) mass is 522 g/mol. The molecule has 3 aliphatic rings. The molecule has 1 N–H and O–H groups in total. The van der Waals surface area contributed by atoms with Gasteiger partial charge in [-0.2, -0.15) is 5.10 Å². The van der Waals surface area contributed by atoms with Gasteiger partial charge in [0.15, 0.2) is 11.4 Å². The second-order valence-corrected chi connectivity index (χ2v) is 10.4. The molecule has 1 atom stereocenters. The van der Waals surface area contributed by atoms with E-state index in [4.69, 9.17) is 13.9 Å². The minimum absolute atomic E-state index is 0.0312. The Bertz CT molecular complexity index is 1340. The number of aryl methyl sites for hydroxylation is 2. The molecule has 2 saturated heterocycles. The number of carbonyl (C=O) groups is 2. The van der Waals surface area contributed by atoms with Crippen molar-refractivity contribution in [3.05, 3.63) is 64.7 Å². The topological polar surface area (TPSA) is 98.8 Å². The third-order valence-corrected chi connectivity index (χ3v) is 7.49. The zero-order chi connectivity index (χ0) is 26.3. The van der Waals surface area contributed by atoms with Crippen LogP contribution in [-0.2, 0) is 35.5 Å². The van der Waals surface area contributed by atoms with Crippen molar-refractivity contribution in [3.8, 4) is 11.3 Å². The molecule has 2 aromatic heterocycles. The summed E-state index contributed by atoms with van der Waals surface area (Å²) >= 11 is 0. The molecule has 1 aromatic carbocycles. The van der Waals surface area contributed by atoms with Gasteiger partial charge in [-0.25, -0.2) is 9.18 Å². The second kappa shape index (κ2) is 9.90. The number of furan rings is 1. The molecule has 200 valence electrons. The average molecular weight is 523 g/mol. The van der Waals surface area contributed by atoms with Crippen molar-refractivity contribution < 1.29 is 27.9 Å². The Morgan fingerprint density at radius 2 is 2.05 bits per heavy atom. The molecular formula is C28H31FN4O5. The largest absolute Gasteiger partial charge is 0.455 e. The number of amides is 2. The van der Waals surface area contributed by atoms with Crippen LogP contribution in [0.3, 0.4) is 0 Å². The van der Waals surface area contributed by atoms with E-state index >= 15 is 4.39 Å². The maximum absolute atomic E-state index is 15.4. The van der Waals surface area contributed by atoms with E-state index in [-0.39, 0.29) is 38.3 Å². The molecule has 0 radical (unpaired) electrons. The van der Waals surface area contributed by atoms with E-state index in [2.05, 4.69) is 10.4 Å². The summed E-state index contributed by atoms with van der Waals surface area (Å²) in [4.78, 5) is 26.5. The van der Waals surface area contributed by atoms with E-state index < -0.39 is 11.8 Å². The number of aromatic nitrogens is 2. The lowest BCUT2D eigenvalue weighted by atomic mass is 9.93. The highest BCUT2D eigenvalue weighted by Gasteiger charge is 2.47. The van der Waals surface area contributed by atoms with Gasteiger partial charge in [-0.1, -0.05) is 30.3 Å². The first-order valence-electron chi connectivity index (χ1n) is 13.1. The van der Waals surface area contributed by atoms with Gasteiger partial charge in [-0.3, -0.25) is 9.48 Å². The van der Waals surface area contributed by atoms with Crippen LogP contribution in [0.25, 0.3) is 11.3 Å². The number of hydrogen-bond donors (Lipinski definition) is 1. The minimum atomic E-state index is -1.58. The summed E-state index contributed by atoms with van der Waals surface area (Å²) in [5.74, 6) is 0.763. The van der Waals surface area contributed by atoms with Crippen LogP contribution in [0.2, 0.25) is 0 Å². The molecule has 1 aliphatic carbocycles. The van der Waals surface area contributed by atoms with Crippen molar-refractivity contribution in [3.63, 3.8) is 0 Å². The zero-order valence-corrected chi connectivity index (χ0v) is 21.4. The van der Waals surface area contributed by atoms with Gasteiger partial charge in [0.05, 0.1) is 31.4 Å². The number of benzene rings is 1. The Hall–Kier alpha value is -3.66. The molecule has 10 heteroatoms. The summed E-state index contributed by atoms with van der Waals surface area (Å²) in [6.07, 6.45) is 4.69. The molecule has 0 saturated carbocycles. The summed E-state index contributed by atoms with van der Waals surface area (Å²) in [5.41, 5.74) is 2.58. The maximum atomic E-state index is 15.4. The lowest BCUT2D eigenvalue weighted by Crippen LogP contribution is -2.62. The van der Waals surface area contributed by atoms with Gasteiger partial charge in [-0.15, -0.1) is 0 Å². The number of hydrogen-bond acceptors (Lipinski definition) is 6. The zero-order valence-electron chi connectivity index (χ0n) is 21.4. The first-order chi connectivity index (χ1) is 18.4. The highest BCUT2D eigenvalue weighted by molar-refractivity contribution is 5.95. The van der Waals surface area contributed by atoms with Gasteiger partial charge < -0.3 is 24.1 Å². The highest BCUT2D eigenvalue weighted by Crippen LogP contribution is 2.39. The number of carbonyl (C=O) groups excluding carboxylic acids is 2. The summed E-state index contributed by atoms with van der Waals surface area (Å²) in [7, 11) is 0. The molecular weight excluding hydrogens is 491 g/mol. The molecule has 0 spiro atoms. The van der Waals surface area contributed by atoms with Crippen LogP contribution in [0.15, 0.2) is 40.9 Å². The molecule has 6 rings (SSSR count). The van der Waals surface area contributed by atoms with Crippen LogP contribution in [0.4, 0.5) is 9.18 Å². The Balaban J connectivity index is 1.08. The van der Waals surface area contributed by atoms with Crippen molar-refractivity contribution in [2.75, 3.05) is 26.2 Å². The van der Waals surface area contributed by atoms with Crippen LogP contribution in [0.1, 0.15) is 45.8 Å². The molecule has 3 aromatic rings. The number of fused-ring (bicyclic) bond motifs is 3. The summed E-state index contributed by atoms with van der Waals surface area (Å²) < 4.78 is 33.9. The number of alkyl halides is 1. The predicted molar refractivity (Wildman–Crippen MR) is 135 cm³/mol. The lowest BCUT2D eigenvalue weighted by molar-refractivity contribution is -0.0425. The average Bonchev–Trinajstić information content (AvgIpc) is 3.63. The predicted octanol–water partition coefficient (Wildman–Crippen LogP) is 3.82. The van der Waals surface area contributed by atoms with Crippen molar-refractivity contribution in [2.24, 2.45) is 0 Å². The molecule has 38 heavy (non-hydrogen) atoms. The molecule has 0 bridgehead atoms. The highest BCUT2D eigenvalue weighted by atomic mass is 19.1. The van der Waals surface area contributed by atoms with E-state index in [9.17, 15) is 9.59 Å². The van der Waals surface area contributed by atoms with Gasteiger partial charge in [0.25, 0.3) is 5.91 Å². The molecule has 0 unspecified atom stereocenters. The van der Waals surface area contributed by atoms with Crippen molar-refractivity contribution in [2.45, 2.75) is 57.5 Å². The van der Waals surface area contributed by atoms with Crippen molar-refractivity contribution >= 4 is 12.0 Å². The van der Waals surface area contributed by atoms with E-state index in [1.165, 1.54) is 4.90 Å². The minimum Gasteiger partial charge on any atom is -0.455 e. The van der Waals surface area contributed by atoms with Crippen molar-refractivity contribution in [1.82, 2.24) is 20.0 Å². The molecule has 2 amide bonds. The quantitative estimate of drug-likeness (QED) is 0.507. The van der Waals surface area contributed by atoms with Crippen LogP contribution < -0.4 is 5.32 Å². The third kappa shape index (κ3) is 4.80. The lowest BCUT2D eigenvalue weighted by Gasteiger charge is -2.43. The molecule has 4 heterocycles. The normalized spacial score (nSPS) is 19.4. The fraction of sp³-hybridized carbons (Fsp3) is 0.464. The van der Waals surface area contributed by atoms with E-state index in [0.717, 1.165) is 53.2 Å². The Morgan fingerprint density at radius 1 is 1.24 bits per heavy atom. The van der Waals surface area contributed by atoms with Gasteiger partial charge in [-0.05, 0) is 37.3 Å². The molecule has 2 fully saturated rings. The number of halogens is 1. The van der Waals surface area contributed by atoms with Gasteiger partial charge in [0.2, 0.25) is 0 Å². The summed E-state index contributed by atoms with van der Waals surface area (Å²) in [5, 5.41) is 7.60. The summed E-state index contributed by atoms with van der Waals surface area (Å²) in [6, 6.07) is 9.38. The number of rotatable bonds is 7. The van der Waals surface area contributed by atoms with Gasteiger partial charge in [0.1, 0.15) is 12.4 Å². The number of nitrogens with one attached hydrogen (secondary N) is 1. The Kier molecular flexibility index (Phi) is 6.43. The van der Waals surface area contributed by atoms with E-state index in [0.29, 0.717) is 25.1 Å². The fourth-order valence-corrected chi connectivity index (χ4v) is 5.52. The smallest absolute Gasteiger partial charge is 0.410 e. The standard InChI is InChI=1S/C28H31FN4O5/c1-18-23-22(38-25(18)26(34)30-12-21-8-5-11-36-21)10-9-20-13-33(31-24(20)23)17-28(29)15-32(16-28)27(35)37-14-19-6-3-2-4-7-19/h2-4,6-7,13,21H,5,8-12,14-17H2,1H3,(H,30,34)/t21-/m0/s1. The summed E-state index contributed by atoms with van der Waals surface area (Å²) in [6.45, 7) is 3.15. The SMILES string of the molecule is Cc1c(C(=O)NC[C@@H]2CCCO2)oc2c1-c1nn(CC3(F)CN(C(=O)OCc4ccccc4)C3)cc1CC2. The maximum Gasteiger partial charge on any atom is 0.410 e. The first-order valence-corrected chi connectivity index (χ1v) is 13.1. The van der Waals surface area contributed by atoms with E-state index in [1.807, 2.05) is 43.5 Å². The van der Waals surface area contributed by atoms with Crippen LogP contribution in [0.5, 0.6) is 0 Å². The number of ether oxygens (including phenoxy) is 2. The number of nitrogens with zero attached hydrogens (tertiary/aromatic N) is 3. The Morgan fingerprint density at radius 3 is 2.82 bits per heavy atom. The van der Waals surface area contributed by atoms with Crippen LogP contribution in [-0.4, -0.2) is 64.7 Å². The van der Waals surface area contributed by atoms with Gasteiger partial charge in [0, 0.05) is 36.9 Å². The molecule has 9 nitrogen and oxygen atoms in total. The second-order valence-electron chi connectivity index (χ2n) is 10.4. The number of likely N-dealkylation sites (tertiary alicyclic amines) is 1. The third-order valence-electron chi connectivity index (χ3n) is 7.49. The first kappa shape index (κ1) is 24.7. The van der Waals surface area contributed by atoms with Crippen LogP contribution >= 0.6 is 0 Å². The van der Waals surface area contributed by atoms with Crippen LogP contribution in [0, 0.1) is 6.92 Å². The van der Waals surface area contributed by atoms with E-state index in [1.54, 1.807) is 4.68 Å². The molecule has 2 aliphatic heterocycles. The fourth-order valence-electron chi connectivity index (χ4n) is 5.52. The Labute approximate surface area is 219 Å². The van der Waals surface area contributed by atoms with Gasteiger partial charge >= 0.3 is 6.09 Å². The van der Waals surface area contributed by atoms with Crippen molar-refractivity contribution in [1.29, 1.82) is 0 Å².